The van der Waals surface area contributed by atoms with Gasteiger partial charge in [0.05, 0.1) is 36.9 Å². The van der Waals surface area contributed by atoms with E-state index in [-0.39, 0.29) is 13.1 Å². The molecular formula is C26H31N5O6. The van der Waals surface area contributed by atoms with Crippen LogP contribution in [0, 0.1) is 12.8 Å². The van der Waals surface area contributed by atoms with Crippen LogP contribution in [0.25, 0.3) is 22.3 Å². The molecule has 0 spiro atoms. The summed E-state index contributed by atoms with van der Waals surface area (Å²) in [5, 5.41) is 22.8. The number of hydrogen-bond donors (Lipinski definition) is 4. The van der Waals surface area contributed by atoms with E-state index in [9.17, 15) is 19.8 Å². The third kappa shape index (κ3) is 4.96. The van der Waals surface area contributed by atoms with Gasteiger partial charge in [0.25, 0.3) is 11.8 Å². The number of aromatic nitrogens is 3. The minimum atomic E-state index is -1.18. The molecule has 196 valence electrons. The number of likely N-dealkylation sites (tertiary alicyclic amines) is 1. The zero-order valence-corrected chi connectivity index (χ0v) is 21.0. The SMILES string of the molecule is COc1ccc(-c2ncnc3c(C(=O)N[C@H]4CN(C(=O)[C@H](C)O)C[C@H]4O)c(C)[nH]c23)c(OCC2CC2)c1. The number of rotatable bonds is 8. The molecule has 2 aliphatic rings. The number of benzene rings is 1. The molecule has 1 saturated carbocycles. The average molecular weight is 510 g/mol. The van der Waals surface area contributed by atoms with Gasteiger partial charge >= 0.3 is 0 Å². The van der Waals surface area contributed by atoms with Gasteiger partial charge < -0.3 is 34.9 Å². The van der Waals surface area contributed by atoms with Crippen molar-refractivity contribution in [2.75, 3.05) is 26.8 Å². The molecule has 3 atom stereocenters. The van der Waals surface area contributed by atoms with Crippen LogP contribution in [-0.2, 0) is 4.79 Å². The molecule has 1 aliphatic carbocycles. The smallest absolute Gasteiger partial charge is 0.255 e. The summed E-state index contributed by atoms with van der Waals surface area (Å²) < 4.78 is 11.5. The van der Waals surface area contributed by atoms with Crippen LogP contribution in [0.4, 0.5) is 0 Å². The number of ether oxygens (including phenoxy) is 2. The maximum Gasteiger partial charge on any atom is 0.255 e. The molecule has 0 bridgehead atoms. The van der Waals surface area contributed by atoms with E-state index >= 15 is 0 Å². The molecule has 0 unspecified atom stereocenters. The van der Waals surface area contributed by atoms with Gasteiger partial charge in [0.1, 0.15) is 35.1 Å². The van der Waals surface area contributed by atoms with Crippen molar-refractivity contribution >= 4 is 22.8 Å². The average Bonchev–Trinajstić information content (AvgIpc) is 3.55. The summed E-state index contributed by atoms with van der Waals surface area (Å²) in [6, 6.07) is 4.86. The standard InChI is InChI=1S/C26H31N5O6/c1-13-21(25(34)30-18-9-31(10-19(18)33)26(35)14(2)32)23-24(29-13)22(27-12-28-23)17-7-6-16(36-3)8-20(17)37-11-15-4-5-15/h6-8,12,14-15,18-19,29,32-33H,4-5,9-11H2,1-3H3,(H,30,34)/t14-,18-,19+/m0/s1. The molecule has 11 heteroatoms. The fourth-order valence-corrected chi connectivity index (χ4v) is 4.65. The third-order valence-corrected chi connectivity index (χ3v) is 6.89. The van der Waals surface area contributed by atoms with E-state index in [4.69, 9.17) is 9.47 Å². The largest absolute Gasteiger partial charge is 0.497 e. The fraction of sp³-hybridized carbons (Fsp3) is 0.462. The topological polar surface area (TPSA) is 150 Å². The third-order valence-electron chi connectivity index (χ3n) is 6.89. The number of β-amino-alcohol motifs (C(OH)–C–C–N with tert-alkyl or cyclic N) is 1. The fourth-order valence-electron chi connectivity index (χ4n) is 4.65. The van der Waals surface area contributed by atoms with Crippen LogP contribution in [0.15, 0.2) is 24.5 Å². The summed E-state index contributed by atoms with van der Waals surface area (Å²) in [7, 11) is 1.60. The quantitative estimate of drug-likeness (QED) is 0.356. The first-order chi connectivity index (χ1) is 17.8. The Labute approximate surface area is 213 Å². The van der Waals surface area contributed by atoms with Crippen molar-refractivity contribution in [1.82, 2.24) is 25.2 Å². The summed E-state index contributed by atoms with van der Waals surface area (Å²) in [6.07, 6.45) is 1.60. The number of aromatic amines is 1. The van der Waals surface area contributed by atoms with Crippen LogP contribution in [0.2, 0.25) is 0 Å². The second-order valence-corrected chi connectivity index (χ2v) is 9.75. The second kappa shape index (κ2) is 9.98. The Morgan fingerprint density at radius 2 is 2.05 bits per heavy atom. The Morgan fingerprint density at radius 3 is 2.76 bits per heavy atom. The number of aliphatic hydroxyl groups is 2. The molecule has 3 aromatic rings. The number of nitrogens with zero attached hydrogens (tertiary/aromatic N) is 3. The summed E-state index contributed by atoms with van der Waals surface area (Å²) in [5.41, 5.74) is 3.29. The van der Waals surface area contributed by atoms with Crippen molar-refractivity contribution in [1.29, 1.82) is 0 Å². The summed E-state index contributed by atoms with van der Waals surface area (Å²) in [4.78, 5) is 38.9. The van der Waals surface area contributed by atoms with Gasteiger partial charge in [-0.05, 0) is 44.7 Å². The Kier molecular flexibility index (Phi) is 6.74. The van der Waals surface area contributed by atoms with E-state index < -0.39 is 30.1 Å². The van der Waals surface area contributed by atoms with E-state index in [0.717, 1.165) is 18.4 Å². The molecule has 37 heavy (non-hydrogen) atoms. The maximum atomic E-state index is 13.3. The number of aliphatic hydroxyl groups excluding tert-OH is 2. The van der Waals surface area contributed by atoms with Crippen LogP contribution >= 0.6 is 0 Å². The zero-order chi connectivity index (χ0) is 26.3. The van der Waals surface area contributed by atoms with Crippen molar-refractivity contribution in [3.05, 3.63) is 35.8 Å². The van der Waals surface area contributed by atoms with Crippen LogP contribution in [-0.4, -0.2) is 86.9 Å². The molecule has 0 radical (unpaired) electrons. The molecule has 3 heterocycles. The van der Waals surface area contributed by atoms with Crippen LogP contribution < -0.4 is 14.8 Å². The number of aryl methyl sites for hydroxylation is 1. The molecule has 2 amide bonds. The molecule has 1 aromatic carbocycles. The molecule has 5 rings (SSSR count). The van der Waals surface area contributed by atoms with Crippen LogP contribution in [0.5, 0.6) is 11.5 Å². The van der Waals surface area contributed by atoms with Gasteiger partial charge in [-0.2, -0.15) is 0 Å². The lowest BCUT2D eigenvalue weighted by Crippen LogP contribution is -2.43. The van der Waals surface area contributed by atoms with Gasteiger partial charge in [-0.25, -0.2) is 9.97 Å². The van der Waals surface area contributed by atoms with Gasteiger partial charge in [-0.1, -0.05) is 0 Å². The van der Waals surface area contributed by atoms with Gasteiger partial charge in [0.15, 0.2) is 0 Å². The highest BCUT2D eigenvalue weighted by atomic mass is 16.5. The lowest BCUT2D eigenvalue weighted by molar-refractivity contribution is -0.138. The monoisotopic (exact) mass is 509 g/mol. The summed E-state index contributed by atoms with van der Waals surface area (Å²) in [5.74, 6) is 0.951. The van der Waals surface area contributed by atoms with Crippen molar-refractivity contribution < 1.29 is 29.3 Å². The normalized spacial score (nSPS) is 20.2. The predicted molar refractivity (Wildman–Crippen MR) is 134 cm³/mol. The van der Waals surface area contributed by atoms with E-state index in [1.54, 1.807) is 14.0 Å². The molecular weight excluding hydrogens is 478 g/mol. The molecule has 1 aliphatic heterocycles. The number of nitrogens with one attached hydrogen (secondary N) is 2. The minimum absolute atomic E-state index is 0.0367. The molecule has 1 saturated heterocycles. The van der Waals surface area contributed by atoms with Crippen molar-refractivity contribution in [2.24, 2.45) is 5.92 Å². The number of methoxy groups -OCH3 is 1. The van der Waals surface area contributed by atoms with Gasteiger partial charge in [-0.3, -0.25) is 9.59 Å². The summed E-state index contributed by atoms with van der Waals surface area (Å²) in [6.45, 7) is 3.90. The number of hydrogen-bond acceptors (Lipinski definition) is 8. The highest BCUT2D eigenvalue weighted by molar-refractivity contribution is 6.09. The van der Waals surface area contributed by atoms with Gasteiger partial charge in [0, 0.05) is 30.4 Å². The Bertz CT molecular complexity index is 1330. The first-order valence-corrected chi connectivity index (χ1v) is 12.4. The zero-order valence-electron chi connectivity index (χ0n) is 21.0. The van der Waals surface area contributed by atoms with Crippen LogP contribution in [0.1, 0.15) is 35.8 Å². The molecule has 2 fully saturated rings. The van der Waals surface area contributed by atoms with E-state index in [1.807, 2.05) is 18.2 Å². The first-order valence-electron chi connectivity index (χ1n) is 12.4. The van der Waals surface area contributed by atoms with Gasteiger partial charge in [0.2, 0.25) is 0 Å². The molecule has 4 N–H and O–H groups in total. The number of carbonyl (C=O) groups excluding carboxylic acids is 2. The number of H-pyrrole nitrogens is 1. The Balaban J connectivity index is 1.44. The highest BCUT2D eigenvalue weighted by Gasteiger charge is 2.37. The second-order valence-electron chi connectivity index (χ2n) is 9.75. The van der Waals surface area contributed by atoms with E-state index in [2.05, 4.69) is 20.3 Å². The maximum absolute atomic E-state index is 13.3. The van der Waals surface area contributed by atoms with E-state index in [0.29, 0.717) is 52.0 Å². The number of amides is 2. The lowest BCUT2D eigenvalue weighted by Gasteiger charge is -2.18. The van der Waals surface area contributed by atoms with Crippen LogP contribution in [0.3, 0.4) is 0 Å². The Hall–Kier alpha value is -3.70. The Morgan fingerprint density at radius 1 is 1.27 bits per heavy atom. The molecule has 11 nitrogen and oxygen atoms in total. The van der Waals surface area contributed by atoms with Crippen molar-refractivity contribution in [2.45, 2.75) is 44.9 Å². The van der Waals surface area contributed by atoms with Gasteiger partial charge in [-0.15, -0.1) is 0 Å². The first kappa shape index (κ1) is 25.0. The van der Waals surface area contributed by atoms with Crippen molar-refractivity contribution in [3.63, 3.8) is 0 Å². The number of fused-ring (bicyclic) bond motifs is 1. The molecule has 2 aromatic heterocycles. The van der Waals surface area contributed by atoms with Crippen molar-refractivity contribution in [3.8, 4) is 22.8 Å². The summed E-state index contributed by atoms with van der Waals surface area (Å²) >= 11 is 0. The predicted octanol–water partition coefficient (Wildman–Crippen LogP) is 1.41. The minimum Gasteiger partial charge on any atom is -0.497 e. The van der Waals surface area contributed by atoms with E-state index in [1.165, 1.54) is 18.2 Å². The number of carbonyl (C=O) groups is 2. The highest BCUT2D eigenvalue weighted by Crippen LogP contribution is 2.38. The lowest BCUT2D eigenvalue weighted by atomic mass is 10.1.